The predicted molar refractivity (Wildman–Crippen MR) is 83.8 cm³/mol. The van der Waals surface area contributed by atoms with Gasteiger partial charge in [0, 0.05) is 25.0 Å². The molecule has 0 unspecified atom stereocenters. The molecule has 0 saturated carbocycles. The first-order valence-corrected chi connectivity index (χ1v) is 7.27. The molecule has 2 nitrogen and oxygen atoms in total. The number of rotatable bonds is 1. The zero-order valence-corrected chi connectivity index (χ0v) is 12.1. The van der Waals surface area contributed by atoms with E-state index in [1.165, 1.54) is 0 Å². The van der Waals surface area contributed by atoms with Crippen molar-refractivity contribution in [3.8, 4) is 0 Å². The molecule has 0 spiro atoms. The van der Waals surface area contributed by atoms with Crippen LogP contribution in [0.4, 0.5) is 5.69 Å². The summed E-state index contributed by atoms with van der Waals surface area (Å²) < 4.78 is 0.893. The van der Waals surface area contributed by atoms with Gasteiger partial charge in [0.25, 0.3) is 0 Å². The number of benzene rings is 1. The summed E-state index contributed by atoms with van der Waals surface area (Å²) in [7, 11) is 1.99. The third kappa shape index (κ3) is 2.97. The average Bonchev–Trinajstić information content (AvgIpc) is 2.39. The van der Waals surface area contributed by atoms with Gasteiger partial charge in [0.05, 0.1) is 0 Å². The zero-order valence-electron chi connectivity index (χ0n) is 9.63. The fourth-order valence-electron chi connectivity index (χ4n) is 1.67. The molecule has 1 aromatic carbocycles. The van der Waals surface area contributed by atoms with Crippen molar-refractivity contribution < 1.29 is 0 Å². The van der Waals surface area contributed by atoms with Gasteiger partial charge in [-0.2, -0.15) is 0 Å². The third-order valence-electron chi connectivity index (χ3n) is 2.63. The standard InChI is InChI=1S/C12H14N2S3/c1-13(10-6-3-2-4-7-10)11(15)14-8-5-9-17-12(14)16/h2-4,6-7H,5,8-9H2,1H3. The van der Waals surface area contributed by atoms with E-state index >= 15 is 0 Å². The van der Waals surface area contributed by atoms with Crippen molar-refractivity contribution in [2.75, 3.05) is 24.2 Å². The van der Waals surface area contributed by atoms with E-state index in [-0.39, 0.29) is 0 Å². The average molecular weight is 282 g/mol. The molecule has 90 valence electrons. The molecule has 1 saturated heterocycles. The van der Waals surface area contributed by atoms with Crippen molar-refractivity contribution in [1.29, 1.82) is 0 Å². The van der Waals surface area contributed by atoms with Gasteiger partial charge >= 0.3 is 0 Å². The Morgan fingerprint density at radius 3 is 2.71 bits per heavy atom. The van der Waals surface area contributed by atoms with Crippen molar-refractivity contribution in [3.05, 3.63) is 30.3 Å². The van der Waals surface area contributed by atoms with Gasteiger partial charge in [-0.15, -0.1) is 0 Å². The van der Waals surface area contributed by atoms with Gasteiger partial charge in [-0.25, -0.2) is 0 Å². The quantitative estimate of drug-likeness (QED) is 0.728. The second-order valence-corrected chi connectivity index (χ2v) is 5.89. The van der Waals surface area contributed by atoms with Crippen LogP contribution in [0.3, 0.4) is 0 Å². The fraction of sp³-hybridized carbons (Fsp3) is 0.333. The van der Waals surface area contributed by atoms with E-state index in [1.807, 2.05) is 47.2 Å². The maximum Gasteiger partial charge on any atom is 0.181 e. The molecule has 1 fully saturated rings. The Hall–Kier alpha value is -0.650. The van der Waals surface area contributed by atoms with E-state index in [2.05, 4.69) is 0 Å². The summed E-state index contributed by atoms with van der Waals surface area (Å²) >= 11 is 12.6. The minimum absolute atomic E-state index is 0.786. The number of thioether (sulfide) groups is 1. The Kier molecular flexibility index (Phi) is 4.36. The summed E-state index contributed by atoms with van der Waals surface area (Å²) in [4.78, 5) is 4.05. The predicted octanol–water partition coefficient (Wildman–Crippen LogP) is 3.13. The summed E-state index contributed by atoms with van der Waals surface area (Å²) in [5, 5.41) is 0.786. The second kappa shape index (κ2) is 5.80. The van der Waals surface area contributed by atoms with E-state index in [4.69, 9.17) is 24.4 Å². The molecule has 0 aliphatic carbocycles. The number of anilines is 1. The van der Waals surface area contributed by atoms with E-state index in [0.717, 1.165) is 33.8 Å². The molecule has 1 aliphatic heterocycles. The number of thiocarbonyl (C=S) groups is 2. The Labute approximate surface area is 117 Å². The van der Waals surface area contributed by atoms with Crippen LogP contribution in [0.25, 0.3) is 0 Å². The summed E-state index contributed by atoms with van der Waals surface area (Å²) in [6, 6.07) is 10.1. The minimum Gasteiger partial charge on any atom is -0.322 e. The fourth-order valence-corrected chi connectivity index (χ4v) is 3.28. The zero-order chi connectivity index (χ0) is 12.3. The maximum atomic E-state index is 5.51. The van der Waals surface area contributed by atoms with Crippen LogP contribution in [0, 0.1) is 0 Å². The molecule has 0 aromatic heterocycles. The number of hydrogen-bond donors (Lipinski definition) is 0. The molecule has 0 radical (unpaired) electrons. The van der Waals surface area contributed by atoms with Gasteiger partial charge in [-0.3, -0.25) is 0 Å². The van der Waals surface area contributed by atoms with E-state index < -0.39 is 0 Å². The van der Waals surface area contributed by atoms with Crippen LogP contribution in [-0.4, -0.2) is 33.7 Å². The van der Waals surface area contributed by atoms with E-state index in [1.54, 1.807) is 11.8 Å². The van der Waals surface area contributed by atoms with Crippen molar-refractivity contribution >= 4 is 51.3 Å². The van der Waals surface area contributed by atoms with E-state index in [9.17, 15) is 0 Å². The highest BCUT2D eigenvalue weighted by molar-refractivity contribution is 8.23. The van der Waals surface area contributed by atoms with Gasteiger partial charge in [0.2, 0.25) is 0 Å². The van der Waals surface area contributed by atoms with Gasteiger partial charge < -0.3 is 9.80 Å². The summed E-state index contributed by atoms with van der Waals surface area (Å²) in [5.41, 5.74) is 1.09. The highest BCUT2D eigenvalue weighted by Gasteiger charge is 2.22. The second-order valence-electron chi connectivity index (χ2n) is 3.80. The Morgan fingerprint density at radius 2 is 2.06 bits per heavy atom. The molecule has 1 aromatic rings. The molecule has 0 atom stereocenters. The van der Waals surface area contributed by atoms with Crippen LogP contribution in [0.5, 0.6) is 0 Å². The molecule has 0 N–H and O–H groups in total. The molecule has 5 heteroatoms. The summed E-state index contributed by atoms with van der Waals surface area (Å²) in [5.74, 6) is 1.10. The lowest BCUT2D eigenvalue weighted by Crippen LogP contribution is -2.45. The van der Waals surface area contributed by atoms with Crippen LogP contribution in [-0.2, 0) is 0 Å². The first kappa shape index (κ1) is 12.8. The van der Waals surface area contributed by atoms with Crippen LogP contribution in [0.1, 0.15) is 6.42 Å². The minimum atomic E-state index is 0.786. The van der Waals surface area contributed by atoms with Crippen molar-refractivity contribution in [2.24, 2.45) is 0 Å². The first-order valence-electron chi connectivity index (χ1n) is 5.47. The lowest BCUT2D eigenvalue weighted by atomic mass is 10.3. The maximum absolute atomic E-state index is 5.51. The largest absolute Gasteiger partial charge is 0.322 e. The number of para-hydroxylation sites is 1. The van der Waals surface area contributed by atoms with Gasteiger partial charge in [0.1, 0.15) is 4.32 Å². The smallest absolute Gasteiger partial charge is 0.181 e. The highest BCUT2D eigenvalue weighted by atomic mass is 32.2. The Morgan fingerprint density at radius 1 is 1.35 bits per heavy atom. The van der Waals surface area contributed by atoms with Crippen LogP contribution in [0.15, 0.2) is 30.3 Å². The van der Waals surface area contributed by atoms with Crippen LogP contribution in [0.2, 0.25) is 0 Å². The summed E-state index contributed by atoms with van der Waals surface area (Å²) in [6.07, 6.45) is 1.13. The lowest BCUT2D eigenvalue weighted by Gasteiger charge is -2.33. The SMILES string of the molecule is CN(C(=S)N1CCCSC1=S)c1ccccc1. The molecule has 0 amide bonds. The molecule has 17 heavy (non-hydrogen) atoms. The molecular formula is C12H14N2S3. The van der Waals surface area contributed by atoms with Gasteiger partial charge in [-0.05, 0) is 30.8 Å². The molecule has 2 rings (SSSR count). The van der Waals surface area contributed by atoms with Crippen molar-refractivity contribution in [1.82, 2.24) is 4.90 Å². The van der Waals surface area contributed by atoms with Crippen LogP contribution < -0.4 is 4.90 Å². The van der Waals surface area contributed by atoms with Crippen LogP contribution >= 0.6 is 36.2 Å². The molecular weight excluding hydrogens is 268 g/mol. The first-order chi connectivity index (χ1) is 8.20. The normalized spacial score (nSPS) is 15.8. The third-order valence-corrected chi connectivity index (χ3v) is 4.66. The molecule has 1 heterocycles. The summed E-state index contributed by atoms with van der Waals surface area (Å²) in [6.45, 7) is 0.932. The monoisotopic (exact) mass is 282 g/mol. The molecule has 0 bridgehead atoms. The number of hydrogen-bond acceptors (Lipinski definition) is 3. The highest BCUT2D eigenvalue weighted by Crippen LogP contribution is 2.21. The lowest BCUT2D eigenvalue weighted by molar-refractivity contribution is 0.607. The Bertz CT molecular complexity index is 419. The van der Waals surface area contributed by atoms with Crippen molar-refractivity contribution in [2.45, 2.75) is 6.42 Å². The van der Waals surface area contributed by atoms with Gasteiger partial charge in [0.15, 0.2) is 5.11 Å². The molecule has 1 aliphatic rings. The van der Waals surface area contributed by atoms with Crippen molar-refractivity contribution in [3.63, 3.8) is 0 Å². The van der Waals surface area contributed by atoms with E-state index in [0.29, 0.717) is 0 Å². The Balaban J connectivity index is 2.12. The topological polar surface area (TPSA) is 6.48 Å². The number of nitrogens with zero attached hydrogens (tertiary/aromatic N) is 2. The van der Waals surface area contributed by atoms with Gasteiger partial charge in [-0.1, -0.05) is 42.2 Å².